The van der Waals surface area contributed by atoms with Crippen molar-refractivity contribution >= 4 is 21.4 Å². The fourth-order valence-corrected chi connectivity index (χ4v) is 4.21. The molecule has 29 heavy (non-hydrogen) atoms. The smallest absolute Gasteiger partial charge is 0.406 e. The molecule has 0 radical (unpaired) electrons. The van der Waals surface area contributed by atoms with E-state index in [1.54, 1.807) is 19.1 Å². The lowest BCUT2D eigenvalue weighted by Gasteiger charge is -2.12. The highest BCUT2D eigenvalue weighted by atomic mass is 32.1. The fourth-order valence-electron chi connectivity index (χ4n) is 3.04. The SMILES string of the molecule is Cc1c(-c2cc(OC(F)(F)F)cc(-c3nn[nH]c3C#N)c2)sc2ccc(F)cc12. The monoisotopic (exact) mass is 418 g/mol. The molecule has 4 rings (SSSR count). The number of aromatic nitrogens is 3. The second-order valence-corrected chi connectivity index (χ2v) is 7.19. The molecule has 2 heterocycles. The van der Waals surface area contributed by atoms with Gasteiger partial charge in [-0.05, 0) is 59.8 Å². The van der Waals surface area contributed by atoms with Crippen molar-refractivity contribution in [3.8, 4) is 33.5 Å². The molecule has 0 bridgehead atoms. The number of fused-ring (bicyclic) bond motifs is 1. The van der Waals surface area contributed by atoms with Crippen LogP contribution in [0.5, 0.6) is 5.75 Å². The Hall–Kier alpha value is -3.45. The van der Waals surface area contributed by atoms with E-state index in [0.717, 1.165) is 16.3 Å². The number of aryl methyl sites for hydroxylation is 1. The maximum Gasteiger partial charge on any atom is 0.573 e. The van der Waals surface area contributed by atoms with Crippen molar-refractivity contribution in [1.82, 2.24) is 15.4 Å². The van der Waals surface area contributed by atoms with Gasteiger partial charge in [0.2, 0.25) is 0 Å². The van der Waals surface area contributed by atoms with Gasteiger partial charge < -0.3 is 4.74 Å². The molecular weight excluding hydrogens is 408 g/mol. The Balaban J connectivity index is 1.93. The van der Waals surface area contributed by atoms with Crippen LogP contribution in [-0.4, -0.2) is 21.8 Å². The quantitative estimate of drug-likeness (QED) is 0.441. The van der Waals surface area contributed by atoms with Crippen LogP contribution >= 0.6 is 11.3 Å². The van der Waals surface area contributed by atoms with Crippen molar-refractivity contribution in [3.05, 3.63) is 53.5 Å². The van der Waals surface area contributed by atoms with Gasteiger partial charge >= 0.3 is 6.36 Å². The van der Waals surface area contributed by atoms with Gasteiger partial charge in [0.05, 0.1) is 0 Å². The maximum atomic E-state index is 13.6. The first-order valence-electron chi connectivity index (χ1n) is 8.16. The molecule has 0 aliphatic carbocycles. The summed E-state index contributed by atoms with van der Waals surface area (Å²) in [5, 5.41) is 19.6. The Morgan fingerprint density at radius 1 is 1.14 bits per heavy atom. The molecule has 0 unspecified atom stereocenters. The van der Waals surface area contributed by atoms with Crippen LogP contribution in [0.1, 0.15) is 11.3 Å². The number of hydrogen-bond acceptors (Lipinski definition) is 5. The molecule has 10 heteroatoms. The van der Waals surface area contributed by atoms with Crippen LogP contribution in [0.3, 0.4) is 0 Å². The molecule has 146 valence electrons. The third-order valence-corrected chi connectivity index (χ3v) is 5.56. The van der Waals surface area contributed by atoms with E-state index in [1.807, 2.05) is 6.07 Å². The summed E-state index contributed by atoms with van der Waals surface area (Å²) < 4.78 is 57.0. The number of nitriles is 1. The van der Waals surface area contributed by atoms with Crippen LogP contribution in [-0.2, 0) is 0 Å². The number of ether oxygens (including phenoxy) is 1. The van der Waals surface area contributed by atoms with E-state index in [4.69, 9.17) is 0 Å². The largest absolute Gasteiger partial charge is 0.573 e. The third-order valence-electron chi connectivity index (χ3n) is 4.23. The third kappa shape index (κ3) is 3.64. The fraction of sp³-hybridized carbons (Fsp3) is 0.105. The zero-order chi connectivity index (χ0) is 20.8. The topological polar surface area (TPSA) is 74.6 Å². The van der Waals surface area contributed by atoms with Crippen molar-refractivity contribution < 1.29 is 22.3 Å². The lowest BCUT2D eigenvalue weighted by atomic mass is 10.0. The number of benzene rings is 2. The lowest BCUT2D eigenvalue weighted by Crippen LogP contribution is -2.17. The highest BCUT2D eigenvalue weighted by molar-refractivity contribution is 7.22. The van der Waals surface area contributed by atoms with Crippen LogP contribution < -0.4 is 4.74 Å². The average Bonchev–Trinajstić information content (AvgIpc) is 3.25. The molecule has 1 N–H and O–H groups in total. The Bertz CT molecular complexity index is 1270. The van der Waals surface area contributed by atoms with Crippen LogP contribution in [0.25, 0.3) is 31.8 Å². The Morgan fingerprint density at radius 3 is 2.62 bits per heavy atom. The molecule has 0 atom stereocenters. The predicted molar refractivity (Wildman–Crippen MR) is 98.7 cm³/mol. The van der Waals surface area contributed by atoms with E-state index in [0.29, 0.717) is 15.8 Å². The molecule has 2 aromatic carbocycles. The van der Waals surface area contributed by atoms with Gasteiger partial charge in [-0.15, -0.1) is 29.6 Å². The van der Waals surface area contributed by atoms with E-state index >= 15 is 0 Å². The second kappa shape index (κ2) is 6.86. The van der Waals surface area contributed by atoms with Gasteiger partial charge in [0.25, 0.3) is 0 Å². The molecule has 0 fully saturated rings. The molecule has 0 spiro atoms. The average molecular weight is 418 g/mol. The van der Waals surface area contributed by atoms with Gasteiger partial charge in [0, 0.05) is 15.1 Å². The number of H-pyrrole nitrogens is 1. The van der Waals surface area contributed by atoms with Gasteiger partial charge in [-0.2, -0.15) is 5.26 Å². The number of hydrogen-bond donors (Lipinski definition) is 1. The highest BCUT2D eigenvalue weighted by Crippen LogP contribution is 2.41. The van der Waals surface area contributed by atoms with Crippen LogP contribution in [0.2, 0.25) is 0 Å². The summed E-state index contributed by atoms with van der Waals surface area (Å²) >= 11 is 1.32. The first-order valence-corrected chi connectivity index (χ1v) is 8.98. The molecule has 5 nitrogen and oxygen atoms in total. The zero-order valence-corrected chi connectivity index (χ0v) is 15.5. The Labute approximate surface area is 165 Å². The van der Waals surface area contributed by atoms with E-state index in [2.05, 4.69) is 20.1 Å². The minimum absolute atomic E-state index is 0.00948. The summed E-state index contributed by atoms with van der Waals surface area (Å²) in [5.41, 5.74) is 1.49. The van der Waals surface area contributed by atoms with E-state index in [9.17, 15) is 22.8 Å². The summed E-state index contributed by atoms with van der Waals surface area (Å²) in [6.07, 6.45) is -4.89. The van der Waals surface area contributed by atoms with E-state index < -0.39 is 17.9 Å². The summed E-state index contributed by atoms with van der Waals surface area (Å²) in [6.45, 7) is 1.77. The van der Waals surface area contributed by atoms with Gasteiger partial charge in [-0.25, -0.2) is 9.49 Å². The number of rotatable bonds is 3. The van der Waals surface area contributed by atoms with E-state index in [1.165, 1.54) is 29.5 Å². The summed E-state index contributed by atoms with van der Waals surface area (Å²) in [4.78, 5) is 0.654. The summed E-state index contributed by atoms with van der Waals surface area (Å²) in [6, 6.07) is 10.2. The minimum atomic E-state index is -4.89. The van der Waals surface area contributed by atoms with Crippen LogP contribution in [0.4, 0.5) is 17.6 Å². The minimum Gasteiger partial charge on any atom is -0.406 e. The lowest BCUT2D eigenvalue weighted by molar-refractivity contribution is -0.274. The molecule has 2 aromatic heterocycles. The van der Waals surface area contributed by atoms with Crippen molar-refractivity contribution in [3.63, 3.8) is 0 Å². The Kier molecular flexibility index (Phi) is 4.47. The Morgan fingerprint density at radius 2 is 1.90 bits per heavy atom. The number of thiophene rings is 1. The number of nitrogens with one attached hydrogen (secondary N) is 1. The van der Waals surface area contributed by atoms with Crippen molar-refractivity contribution in [2.45, 2.75) is 13.3 Å². The standard InChI is InChI=1S/C19H10F4N4OS/c1-9-14-7-12(20)2-3-16(14)29-18(9)11-4-10(17-15(8-24)25-27-26-17)5-13(6-11)28-19(21,22)23/h2-7H,1H3,(H,25,26,27). The van der Waals surface area contributed by atoms with E-state index in [-0.39, 0.29) is 17.0 Å². The van der Waals surface area contributed by atoms with Gasteiger partial charge in [-0.1, -0.05) is 5.21 Å². The van der Waals surface area contributed by atoms with Crippen molar-refractivity contribution in [1.29, 1.82) is 5.26 Å². The zero-order valence-electron chi connectivity index (χ0n) is 14.6. The van der Waals surface area contributed by atoms with Gasteiger partial charge in [0.15, 0.2) is 5.69 Å². The van der Waals surface area contributed by atoms with Crippen molar-refractivity contribution in [2.75, 3.05) is 0 Å². The number of halogens is 4. The molecule has 0 amide bonds. The molecule has 0 saturated heterocycles. The normalized spacial score (nSPS) is 11.6. The number of aromatic amines is 1. The first-order chi connectivity index (χ1) is 13.7. The maximum absolute atomic E-state index is 13.6. The molecule has 0 aliphatic rings. The second-order valence-electron chi connectivity index (χ2n) is 6.14. The highest BCUT2D eigenvalue weighted by Gasteiger charge is 2.31. The van der Waals surface area contributed by atoms with Gasteiger partial charge in [-0.3, -0.25) is 0 Å². The molecule has 0 saturated carbocycles. The summed E-state index contributed by atoms with van der Waals surface area (Å²) in [7, 11) is 0. The van der Waals surface area contributed by atoms with Gasteiger partial charge in [0.1, 0.15) is 23.3 Å². The molecular formula is C19H10F4N4OS. The molecule has 4 aromatic rings. The number of nitrogens with zero attached hydrogens (tertiary/aromatic N) is 3. The molecule has 0 aliphatic heterocycles. The number of alkyl halides is 3. The van der Waals surface area contributed by atoms with Crippen molar-refractivity contribution in [2.24, 2.45) is 0 Å². The summed E-state index contributed by atoms with van der Waals surface area (Å²) in [5.74, 6) is -0.860. The van der Waals surface area contributed by atoms with Crippen LogP contribution in [0, 0.1) is 24.1 Å². The van der Waals surface area contributed by atoms with Crippen LogP contribution in [0.15, 0.2) is 36.4 Å². The first kappa shape index (κ1) is 18.9. The predicted octanol–water partition coefficient (Wildman–Crippen LogP) is 5.57.